The van der Waals surface area contributed by atoms with Crippen molar-refractivity contribution >= 4 is 23.3 Å². The molecule has 1 aliphatic rings. The highest BCUT2D eigenvalue weighted by molar-refractivity contribution is 6.42. The van der Waals surface area contributed by atoms with Crippen molar-refractivity contribution in [2.45, 2.75) is 26.0 Å². The van der Waals surface area contributed by atoms with Gasteiger partial charge in [-0.1, -0.05) is 30.3 Å². The minimum Gasteiger partial charge on any atom is -0.446 e. The van der Waals surface area contributed by atoms with Gasteiger partial charge in [0, 0.05) is 16.2 Å². The summed E-state index contributed by atoms with van der Waals surface area (Å²) in [5.74, 6) is -3.17. The molecular formula is C19H16N2O6. The molecule has 2 aromatic carbocycles. The Morgan fingerprint density at radius 3 is 2.56 bits per heavy atom. The zero-order valence-corrected chi connectivity index (χ0v) is 14.6. The molecule has 1 heterocycles. The summed E-state index contributed by atoms with van der Waals surface area (Å²) in [6.45, 7) is 3.59. The summed E-state index contributed by atoms with van der Waals surface area (Å²) in [7, 11) is 0. The molecule has 8 nitrogen and oxygen atoms in total. The SMILES string of the molecule is Cc1cccc(NC(=O)C(=O)[C@H]([C@@H]2OC(=O)c3ccccc32)[N+](=O)[O-])c1C. The van der Waals surface area contributed by atoms with Crippen LogP contribution in [0.3, 0.4) is 0 Å². The van der Waals surface area contributed by atoms with Gasteiger partial charge in [0.1, 0.15) is 0 Å². The molecule has 27 heavy (non-hydrogen) atoms. The second kappa shape index (κ2) is 6.99. The molecule has 2 atom stereocenters. The molecule has 0 bridgehead atoms. The fourth-order valence-electron chi connectivity index (χ4n) is 2.96. The van der Waals surface area contributed by atoms with Crippen LogP contribution < -0.4 is 5.32 Å². The van der Waals surface area contributed by atoms with Crippen molar-refractivity contribution in [1.82, 2.24) is 0 Å². The van der Waals surface area contributed by atoms with Crippen LogP contribution >= 0.6 is 0 Å². The maximum atomic E-state index is 12.5. The average molecular weight is 368 g/mol. The molecule has 0 unspecified atom stereocenters. The van der Waals surface area contributed by atoms with E-state index in [2.05, 4.69) is 5.32 Å². The Labute approximate surface area is 154 Å². The lowest BCUT2D eigenvalue weighted by Gasteiger charge is -2.16. The van der Waals surface area contributed by atoms with Crippen LogP contribution in [0.2, 0.25) is 0 Å². The van der Waals surface area contributed by atoms with Crippen molar-refractivity contribution < 1.29 is 24.0 Å². The molecule has 138 valence electrons. The molecular weight excluding hydrogens is 352 g/mol. The molecule has 0 aliphatic carbocycles. The summed E-state index contributed by atoms with van der Waals surface area (Å²) in [5, 5.41) is 13.9. The maximum absolute atomic E-state index is 12.5. The predicted octanol–water partition coefficient (Wildman–Crippen LogP) is 2.37. The van der Waals surface area contributed by atoms with E-state index < -0.39 is 34.7 Å². The lowest BCUT2D eigenvalue weighted by atomic mass is 9.97. The molecule has 1 amide bonds. The first kappa shape index (κ1) is 18.2. The third-order valence-electron chi connectivity index (χ3n) is 4.58. The van der Waals surface area contributed by atoms with E-state index >= 15 is 0 Å². The van der Waals surface area contributed by atoms with E-state index in [9.17, 15) is 24.5 Å². The largest absolute Gasteiger partial charge is 0.446 e. The van der Waals surface area contributed by atoms with Crippen molar-refractivity contribution in [1.29, 1.82) is 0 Å². The van der Waals surface area contributed by atoms with Crippen LogP contribution in [0, 0.1) is 24.0 Å². The van der Waals surface area contributed by atoms with Crippen LogP contribution in [0.25, 0.3) is 0 Å². The molecule has 1 aliphatic heterocycles. The quantitative estimate of drug-likeness (QED) is 0.375. The molecule has 8 heteroatoms. The van der Waals surface area contributed by atoms with E-state index in [4.69, 9.17) is 4.74 Å². The lowest BCUT2D eigenvalue weighted by molar-refractivity contribution is -0.518. The number of amides is 1. The minimum absolute atomic E-state index is 0.150. The number of cyclic esters (lactones) is 1. The Kier molecular flexibility index (Phi) is 4.72. The van der Waals surface area contributed by atoms with Gasteiger partial charge >= 0.3 is 12.0 Å². The van der Waals surface area contributed by atoms with Crippen molar-refractivity contribution in [2.75, 3.05) is 5.32 Å². The molecule has 1 N–H and O–H groups in total. The molecule has 0 aromatic heterocycles. The first-order valence-electron chi connectivity index (χ1n) is 8.16. The van der Waals surface area contributed by atoms with Gasteiger partial charge in [0.2, 0.25) is 6.10 Å². The number of rotatable bonds is 5. The van der Waals surface area contributed by atoms with E-state index in [0.717, 1.165) is 11.1 Å². The summed E-state index contributed by atoms with van der Waals surface area (Å²) in [6.07, 6.45) is -1.44. The van der Waals surface area contributed by atoms with E-state index in [1.165, 1.54) is 12.1 Å². The number of nitrogens with zero attached hydrogens (tertiary/aromatic N) is 1. The summed E-state index contributed by atoms with van der Waals surface area (Å²) in [4.78, 5) is 47.5. The molecule has 3 rings (SSSR count). The Morgan fingerprint density at radius 2 is 1.85 bits per heavy atom. The monoisotopic (exact) mass is 368 g/mol. The first-order valence-corrected chi connectivity index (χ1v) is 8.16. The molecule has 0 radical (unpaired) electrons. The number of carbonyl (C=O) groups is 3. The highest BCUT2D eigenvalue weighted by Crippen LogP contribution is 2.34. The topological polar surface area (TPSA) is 116 Å². The van der Waals surface area contributed by atoms with Gasteiger partial charge in [0.25, 0.3) is 11.7 Å². The van der Waals surface area contributed by atoms with Crippen molar-refractivity contribution in [2.24, 2.45) is 0 Å². The van der Waals surface area contributed by atoms with Crippen molar-refractivity contribution in [3.8, 4) is 0 Å². The van der Waals surface area contributed by atoms with Crippen LogP contribution in [-0.4, -0.2) is 28.6 Å². The third kappa shape index (κ3) is 3.29. The number of aryl methyl sites for hydroxylation is 1. The van der Waals surface area contributed by atoms with Crippen LogP contribution in [0.15, 0.2) is 42.5 Å². The van der Waals surface area contributed by atoms with Crippen molar-refractivity contribution in [3.05, 3.63) is 74.8 Å². The van der Waals surface area contributed by atoms with Gasteiger partial charge in [-0.3, -0.25) is 19.7 Å². The van der Waals surface area contributed by atoms with E-state index in [-0.39, 0.29) is 11.1 Å². The fraction of sp³-hybridized carbons (Fsp3) is 0.211. The van der Waals surface area contributed by atoms with Gasteiger partial charge in [-0.05, 0) is 37.1 Å². The number of benzene rings is 2. The highest BCUT2D eigenvalue weighted by atomic mass is 16.6. The first-order chi connectivity index (χ1) is 12.8. The molecule has 2 aromatic rings. The van der Waals surface area contributed by atoms with Gasteiger partial charge in [0.15, 0.2) is 0 Å². The van der Waals surface area contributed by atoms with Gasteiger partial charge in [-0.25, -0.2) is 4.79 Å². The smallest absolute Gasteiger partial charge is 0.339 e. The normalized spacial score (nSPS) is 16.2. The fourth-order valence-corrected chi connectivity index (χ4v) is 2.96. The van der Waals surface area contributed by atoms with Gasteiger partial charge in [-0.15, -0.1) is 0 Å². The van der Waals surface area contributed by atoms with E-state index in [1.807, 2.05) is 13.0 Å². The Hall–Kier alpha value is -3.55. The number of Topliss-reactive ketones (excluding diaryl/α,β-unsaturated/α-hetero) is 1. The number of nitro groups is 1. The third-order valence-corrected chi connectivity index (χ3v) is 4.58. The summed E-state index contributed by atoms with van der Waals surface area (Å²) >= 11 is 0. The zero-order valence-electron chi connectivity index (χ0n) is 14.6. The highest BCUT2D eigenvalue weighted by Gasteiger charge is 2.49. The molecule has 0 saturated heterocycles. The predicted molar refractivity (Wildman–Crippen MR) is 94.9 cm³/mol. The molecule has 0 saturated carbocycles. The number of anilines is 1. The summed E-state index contributed by atoms with van der Waals surface area (Å²) in [6, 6.07) is 9.18. The Bertz CT molecular complexity index is 968. The van der Waals surface area contributed by atoms with Crippen molar-refractivity contribution in [3.63, 3.8) is 0 Å². The number of fused-ring (bicyclic) bond motifs is 1. The Balaban J connectivity index is 1.89. The number of hydrogen-bond donors (Lipinski definition) is 1. The number of nitrogens with one attached hydrogen (secondary N) is 1. The van der Waals surface area contributed by atoms with Gasteiger partial charge in [-0.2, -0.15) is 0 Å². The van der Waals surface area contributed by atoms with Crippen LogP contribution in [0.1, 0.15) is 33.2 Å². The summed E-state index contributed by atoms with van der Waals surface area (Å²) in [5.41, 5.74) is 2.40. The number of carbonyl (C=O) groups excluding carboxylic acids is 3. The maximum Gasteiger partial charge on any atom is 0.339 e. The number of hydrogen-bond acceptors (Lipinski definition) is 6. The van der Waals surface area contributed by atoms with Gasteiger partial charge in [0.05, 0.1) is 5.56 Å². The number of ether oxygens (including phenoxy) is 1. The second-order valence-corrected chi connectivity index (χ2v) is 6.21. The van der Waals surface area contributed by atoms with E-state index in [0.29, 0.717) is 5.69 Å². The van der Waals surface area contributed by atoms with Crippen LogP contribution in [-0.2, 0) is 14.3 Å². The zero-order chi connectivity index (χ0) is 19.7. The lowest BCUT2D eigenvalue weighted by Crippen LogP contribution is -2.42. The van der Waals surface area contributed by atoms with E-state index in [1.54, 1.807) is 31.2 Å². The average Bonchev–Trinajstić information content (AvgIpc) is 2.95. The molecule has 0 spiro atoms. The second-order valence-electron chi connectivity index (χ2n) is 6.21. The Morgan fingerprint density at radius 1 is 1.15 bits per heavy atom. The summed E-state index contributed by atoms with van der Waals surface area (Å²) < 4.78 is 5.04. The van der Waals surface area contributed by atoms with Crippen LogP contribution in [0.5, 0.6) is 0 Å². The minimum atomic E-state index is -2.03. The molecule has 0 fully saturated rings. The van der Waals surface area contributed by atoms with Gasteiger partial charge < -0.3 is 10.1 Å². The standard InChI is InChI=1S/C19H16N2O6/c1-10-6-5-9-14(11(10)2)20-18(23)16(22)15(21(25)26)17-12-7-3-4-8-13(12)19(24)27-17/h3-9,15,17H,1-2H3,(H,20,23)/t15-,17-/m1/s1. The van der Waals surface area contributed by atoms with Crippen LogP contribution in [0.4, 0.5) is 5.69 Å². The number of ketones is 1. The number of esters is 1.